The lowest BCUT2D eigenvalue weighted by atomic mass is 10.0. The van der Waals surface area contributed by atoms with E-state index < -0.39 is 0 Å². The molecule has 2 rings (SSSR count). The van der Waals surface area contributed by atoms with Crippen molar-refractivity contribution in [2.24, 2.45) is 0 Å². The molecule has 0 aliphatic heterocycles. The highest BCUT2D eigenvalue weighted by atomic mass is 32.1. The number of benzene rings is 1. The normalized spacial score (nSPS) is 12.4. The average molecular weight is 307 g/mol. The first-order valence-corrected chi connectivity index (χ1v) is 8.00. The number of nitrogens with one attached hydrogen (secondary N) is 1. The maximum atomic E-state index is 14.3. The molecule has 0 radical (unpaired) electrons. The molecule has 0 saturated heterocycles. The molecule has 0 spiro atoms. The van der Waals surface area contributed by atoms with E-state index in [0.717, 1.165) is 6.54 Å². The van der Waals surface area contributed by atoms with Crippen LogP contribution < -0.4 is 10.1 Å². The van der Waals surface area contributed by atoms with Crippen molar-refractivity contribution >= 4 is 11.3 Å². The van der Waals surface area contributed by atoms with Crippen LogP contribution in [0.4, 0.5) is 4.39 Å². The van der Waals surface area contributed by atoms with E-state index in [-0.39, 0.29) is 11.9 Å². The van der Waals surface area contributed by atoms with Crippen molar-refractivity contribution in [2.45, 2.75) is 33.2 Å². The minimum absolute atomic E-state index is 0.133. The molecule has 0 aliphatic carbocycles. The number of methoxy groups -OCH3 is 1. The summed E-state index contributed by atoms with van der Waals surface area (Å²) in [6, 6.07) is 7.65. The Kier molecular flexibility index (Phi) is 5.37. The van der Waals surface area contributed by atoms with Crippen molar-refractivity contribution in [1.29, 1.82) is 0 Å². The van der Waals surface area contributed by atoms with Crippen LogP contribution in [0.1, 0.15) is 33.8 Å². The van der Waals surface area contributed by atoms with Crippen LogP contribution in [0.5, 0.6) is 5.75 Å². The standard InChI is InChI=1S/C17H22FNOS/c1-5-19-14(16-9-11(2)12(3)21-16)10-13-7-6-8-15(20-4)17(13)18/h6-9,14,19H,5,10H2,1-4H3. The summed E-state index contributed by atoms with van der Waals surface area (Å²) in [6.45, 7) is 7.16. The summed E-state index contributed by atoms with van der Waals surface area (Å²) < 4.78 is 19.4. The second-order valence-electron chi connectivity index (χ2n) is 5.14. The number of thiophene rings is 1. The summed E-state index contributed by atoms with van der Waals surface area (Å²) in [5.41, 5.74) is 1.98. The van der Waals surface area contributed by atoms with Gasteiger partial charge < -0.3 is 10.1 Å². The number of likely N-dealkylation sites (N-methyl/N-ethyl adjacent to an activating group) is 1. The molecule has 0 fully saturated rings. The van der Waals surface area contributed by atoms with Gasteiger partial charge in [-0.05, 0) is 50.1 Å². The Labute approximate surface area is 130 Å². The summed E-state index contributed by atoms with van der Waals surface area (Å²) in [4.78, 5) is 2.58. The minimum atomic E-state index is -0.257. The van der Waals surface area contributed by atoms with Crippen LogP contribution in [-0.4, -0.2) is 13.7 Å². The first kappa shape index (κ1) is 16.0. The average Bonchev–Trinajstić information content (AvgIpc) is 2.80. The Morgan fingerprint density at radius 1 is 1.33 bits per heavy atom. The van der Waals surface area contributed by atoms with E-state index >= 15 is 0 Å². The molecule has 0 bridgehead atoms. The maximum Gasteiger partial charge on any atom is 0.168 e. The van der Waals surface area contributed by atoms with E-state index in [1.807, 2.05) is 12.1 Å². The van der Waals surface area contributed by atoms with Crippen LogP contribution in [0.15, 0.2) is 24.3 Å². The van der Waals surface area contributed by atoms with Crippen LogP contribution in [0.2, 0.25) is 0 Å². The molecule has 1 aromatic carbocycles. The molecule has 1 N–H and O–H groups in total. The fraction of sp³-hybridized carbons (Fsp3) is 0.412. The van der Waals surface area contributed by atoms with Gasteiger partial charge >= 0.3 is 0 Å². The summed E-state index contributed by atoms with van der Waals surface area (Å²) in [5, 5.41) is 3.46. The smallest absolute Gasteiger partial charge is 0.168 e. The van der Waals surface area contributed by atoms with Crippen molar-refractivity contribution in [1.82, 2.24) is 5.32 Å². The van der Waals surface area contributed by atoms with Gasteiger partial charge in [-0.1, -0.05) is 19.1 Å². The first-order valence-electron chi connectivity index (χ1n) is 7.18. The third-order valence-electron chi connectivity index (χ3n) is 3.67. The summed E-state index contributed by atoms with van der Waals surface area (Å²) >= 11 is 1.78. The van der Waals surface area contributed by atoms with Gasteiger partial charge in [-0.15, -0.1) is 11.3 Å². The van der Waals surface area contributed by atoms with Crippen LogP contribution in [-0.2, 0) is 6.42 Å². The van der Waals surface area contributed by atoms with Gasteiger partial charge in [0.2, 0.25) is 0 Å². The number of aryl methyl sites for hydroxylation is 2. The number of hydrogen-bond donors (Lipinski definition) is 1. The Balaban J connectivity index is 2.28. The largest absolute Gasteiger partial charge is 0.494 e. The van der Waals surface area contributed by atoms with E-state index in [1.54, 1.807) is 17.4 Å². The van der Waals surface area contributed by atoms with Gasteiger partial charge in [0.05, 0.1) is 7.11 Å². The van der Waals surface area contributed by atoms with Crippen molar-refractivity contribution in [2.75, 3.05) is 13.7 Å². The molecule has 2 aromatic rings. The van der Waals surface area contributed by atoms with Crippen molar-refractivity contribution in [3.05, 3.63) is 51.0 Å². The first-order chi connectivity index (χ1) is 10.1. The molecule has 1 aromatic heterocycles. The van der Waals surface area contributed by atoms with Gasteiger partial charge in [-0.2, -0.15) is 0 Å². The second-order valence-corrected chi connectivity index (χ2v) is 6.42. The van der Waals surface area contributed by atoms with Crippen molar-refractivity contribution in [3.8, 4) is 5.75 Å². The van der Waals surface area contributed by atoms with Crippen LogP contribution in [0.3, 0.4) is 0 Å². The van der Waals surface area contributed by atoms with E-state index in [4.69, 9.17) is 4.74 Å². The van der Waals surface area contributed by atoms with Crippen molar-refractivity contribution < 1.29 is 9.13 Å². The molecule has 0 amide bonds. The van der Waals surface area contributed by atoms with E-state index in [9.17, 15) is 4.39 Å². The van der Waals surface area contributed by atoms with Crippen LogP contribution >= 0.6 is 11.3 Å². The molecule has 0 saturated carbocycles. The van der Waals surface area contributed by atoms with Gasteiger partial charge in [-0.3, -0.25) is 0 Å². The van der Waals surface area contributed by atoms with E-state index in [2.05, 4.69) is 32.2 Å². The molecule has 0 aliphatic rings. The van der Waals surface area contributed by atoms with Gasteiger partial charge in [0, 0.05) is 15.8 Å². The summed E-state index contributed by atoms with van der Waals surface area (Å²) in [6.07, 6.45) is 0.621. The maximum absolute atomic E-state index is 14.3. The fourth-order valence-corrected chi connectivity index (χ4v) is 3.50. The molecule has 1 heterocycles. The number of halogens is 1. The Morgan fingerprint density at radius 2 is 2.10 bits per heavy atom. The zero-order valence-corrected chi connectivity index (χ0v) is 13.8. The lowest BCUT2D eigenvalue weighted by Gasteiger charge is -2.17. The summed E-state index contributed by atoms with van der Waals surface area (Å²) in [5.74, 6) is 0.0502. The molecular formula is C17H22FNOS. The number of ether oxygens (including phenoxy) is 1. The van der Waals surface area contributed by atoms with Crippen molar-refractivity contribution in [3.63, 3.8) is 0 Å². The van der Waals surface area contributed by atoms with Crippen LogP contribution in [0, 0.1) is 19.7 Å². The Morgan fingerprint density at radius 3 is 2.67 bits per heavy atom. The Hall–Kier alpha value is -1.39. The van der Waals surface area contributed by atoms with E-state index in [1.165, 1.54) is 22.4 Å². The SMILES string of the molecule is CCNC(Cc1cccc(OC)c1F)c1cc(C)c(C)s1. The molecule has 4 heteroatoms. The van der Waals surface area contributed by atoms with Gasteiger partial charge in [0.25, 0.3) is 0 Å². The third kappa shape index (κ3) is 3.63. The Bertz CT molecular complexity index is 589. The predicted octanol–water partition coefficient (Wildman–Crippen LogP) is 4.41. The molecule has 1 atom stereocenters. The van der Waals surface area contributed by atoms with Gasteiger partial charge in [-0.25, -0.2) is 4.39 Å². The predicted molar refractivity (Wildman–Crippen MR) is 86.9 cm³/mol. The molecule has 21 heavy (non-hydrogen) atoms. The van der Waals surface area contributed by atoms with Gasteiger partial charge in [0.1, 0.15) is 0 Å². The molecule has 1 unspecified atom stereocenters. The highest BCUT2D eigenvalue weighted by molar-refractivity contribution is 7.12. The number of rotatable bonds is 6. The topological polar surface area (TPSA) is 21.3 Å². The fourth-order valence-electron chi connectivity index (χ4n) is 2.38. The molecule has 2 nitrogen and oxygen atoms in total. The minimum Gasteiger partial charge on any atom is -0.494 e. The monoisotopic (exact) mass is 307 g/mol. The number of hydrogen-bond acceptors (Lipinski definition) is 3. The van der Waals surface area contributed by atoms with Gasteiger partial charge in [0.15, 0.2) is 11.6 Å². The molecular weight excluding hydrogens is 285 g/mol. The third-order valence-corrected chi connectivity index (χ3v) is 4.93. The zero-order valence-electron chi connectivity index (χ0n) is 13.0. The highest BCUT2D eigenvalue weighted by Crippen LogP contribution is 2.30. The summed E-state index contributed by atoms with van der Waals surface area (Å²) in [7, 11) is 1.50. The highest BCUT2D eigenvalue weighted by Gasteiger charge is 2.18. The second kappa shape index (κ2) is 7.05. The lowest BCUT2D eigenvalue weighted by Crippen LogP contribution is -2.22. The van der Waals surface area contributed by atoms with Crippen LogP contribution in [0.25, 0.3) is 0 Å². The van der Waals surface area contributed by atoms with E-state index in [0.29, 0.717) is 17.7 Å². The quantitative estimate of drug-likeness (QED) is 0.853. The zero-order chi connectivity index (χ0) is 15.4. The lowest BCUT2D eigenvalue weighted by molar-refractivity contribution is 0.382. The molecule has 114 valence electrons.